The molecule has 5 rings (SSSR count). The normalized spacial score (nSPS) is 10.8. The van der Waals surface area contributed by atoms with E-state index in [9.17, 15) is 79.8 Å². The first-order valence-electron chi connectivity index (χ1n) is 18.3. The van der Waals surface area contributed by atoms with Gasteiger partial charge < -0.3 is 51.3 Å². The number of aromatic nitrogens is 5. The molecular weight excluding hydrogens is 942 g/mol. The number of nitrogens with zero attached hydrogens (tertiary/aromatic N) is 11. The Morgan fingerprint density at radius 2 is 1.36 bits per heavy atom. The maximum Gasteiger partial charge on any atom is 0.337 e. The van der Waals surface area contributed by atoms with Gasteiger partial charge in [-0.15, -0.1) is 20.5 Å². The number of benzene rings is 2. The van der Waals surface area contributed by atoms with Gasteiger partial charge in [-0.2, -0.15) is 20.2 Å². The molecule has 0 spiro atoms. The number of aromatic hydroxyl groups is 2. The molecule has 0 radical (unpaired) electrons. The fraction of sp³-hybridized carbons (Fsp3) is 0.0769. The lowest BCUT2D eigenvalue weighted by Crippen LogP contribution is -2.26. The molecule has 5 aromatic rings. The molecule has 29 nitrogen and oxygen atoms in total. The van der Waals surface area contributed by atoms with Gasteiger partial charge in [0.1, 0.15) is 34.5 Å². The third kappa shape index (κ3) is 10.6. The lowest BCUT2D eigenvalue weighted by Gasteiger charge is -2.17. The molecule has 0 atom stereocenters. The number of nitriles is 1. The number of anilines is 2. The lowest BCUT2D eigenvalue weighted by molar-refractivity contribution is -0.169. The Hall–Kier alpha value is -10.4. The number of carboxylic acids is 5. The molecule has 0 aliphatic heterocycles. The molecule has 0 unspecified atom stereocenters. The number of halogens is 1. The molecule has 30 heteroatoms. The predicted molar refractivity (Wildman–Crippen MR) is 231 cm³/mol. The van der Waals surface area contributed by atoms with E-state index in [-0.39, 0.29) is 0 Å². The predicted octanol–water partition coefficient (Wildman–Crippen LogP) is 5.05. The van der Waals surface area contributed by atoms with Gasteiger partial charge in [0.25, 0.3) is 16.8 Å². The van der Waals surface area contributed by atoms with E-state index in [0.29, 0.717) is 9.13 Å². The maximum atomic E-state index is 13.9. The van der Waals surface area contributed by atoms with Crippen molar-refractivity contribution in [2.24, 2.45) is 20.5 Å². The van der Waals surface area contributed by atoms with Gasteiger partial charge in [-0.3, -0.25) is 19.0 Å². The van der Waals surface area contributed by atoms with E-state index in [1.807, 2.05) is 0 Å². The highest BCUT2D eigenvalue weighted by atomic mass is 35.5. The summed E-state index contributed by atoms with van der Waals surface area (Å²) in [5, 5.41) is 108. The average Bonchev–Trinajstić information content (AvgIpc) is 3.28. The van der Waals surface area contributed by atoms with Crippen molar-refractivity contribution in [2.75, 3.05) is 17.2 Å². The summed E-state index contributed by atoms with van der Waals surface area (Å²) in [5.41, 5.74) is -10.6. The van der Waals surface area contributed by atoms with Crippen molar-refractivity contribution in [1.29, 1.82) is 5.26 Å². The summed E-state index contributed by atoms with van der Waals surface area (Å²) >= 11 is 6.10. The van der Waals surface area contributed by atoms with Crippen LogP contribution in [0.3, 0.4) is 0 Å². The Balaban J connectivity index is 1.50. The summed E-state index contributed by atoms with van der Waals surface area (Å²) in [6, 6.07) is 6.89. The van der Waals surface area contributed by atoms with Gasteiger partial charge in [0.2, 0.25) is 28.9 Å². The third-order valence-electron chi connectivity index (χ3n) is 8.97. The van der Waals surface area contributed by atoms with Crippen LogP contribution in [0, 0.1) is 17.9 Å². The first-order valence-corrected chi connectivity index (χ1v) is 18.7. The molecule has 10 N–H and O–H groups in total. The van der Waals surface area contributed by atoms with E-state index in [4.69, 9.17) is 18.2 Å². The van der Waals surface area contributed by atoms with Crippen LogP contribution in [0.2, 0.25) is 5.28 Å². The van der Waals surface area contributed by atoms with Crippen LogP contribution in [0.15, 0.2) is 79.6 Å². The summed E-state index contributed by atoms with van der Waals surface area (Å²) in [7, 11) is 0. The molecule has 0 saturated carbocycles. The Kier molecular flexibility index (Phi) is 14.8. The summed E-state index contributed by atoms with van der Waals surface area (Å²) in [5.74, 6) is -12.4. The molecule has 2 aromatic carbocycles. The van der Waals surface area contributed by atoms with Crippen molar-refractivity contribution in [3.63, 3.8) is 0 Å². The van der Waals surface area contributed by atoms with Crippen LogP contribution < -0.4 is 21.8 Å². The number of carbonyl (C=O) groups is 5. The Morgan fingerprint density at radius 1 is 0.812 bits per heavy atom. The molecule has 69 heavy (non-hydrogen) atoms. The number of carboxylic acid groups (broad SMARTS) is 5. The molecule has 3 aromatic heterocycles. The molecule has 0 amide bonds. The highest BCUT2D eigenvalue weighted by molar-refractivity contribution is 6.28. The van der Waals surface area contributed by atoms with E-state index in [1.54, 1.807) is 6.07 Å². The number of rotatable bonds is 19. The quantitative estimate of drug-likeness (QED) is 0.0170. The molecule has 0 fully saturated rings. The van der Waals surface area contributed by atoms with Gasteiger partial charge in [0.05, 0.1) is 40.8 Å². The van der Waals surface area contributed by atoms with Crippen molar-refractivity contribution in [2.45, 2.75) is 13.0 Å². The van der Waals surface area contributed by atoms with Gasteiger partial charge in [-0.05, 0) is 48.0 Å². The Morgan fingerprint density at radius 3 is 1.86 bits per heavy atom. The van der Waals surface area contributed by atoms with E-state index in [0.717, 1.165) is 36.4 Å². The van der Waals surface area contributed by atoms with E-state index in [1.165, 1.54) is 0 Å². The van der Waals surface area contributed by atoms with Crippen LogP contribution >= 0.6 is 11.6 Å². The number of azo groups is 2. The van der Waals surface area contributed by atoms with Crippen LogP contribution in [0.1, 0.15) is 58.1 Å². The third-order valence-corrected chi connectivity index (χ3v) is 9.14. The van der Waals surface area contributed by atoms with E-state index in [2.05, 4.69) is 68.9 Å². The van der Waals surface area contributed by atoms with Crippen LogP contribution in [0.4, 0.5) is 40.3 Å². The summed E-state index contributed by atoms with van der Waals surface area (Å²) in [6.07, 6.45) is -1.10. The zero-order valence-corrected chi connectivity index (χ0v) is 34.9. The number of pyridine rings is 2. The standard InChI is InChI=1S/C39H26ClN13O16/c1-14(69-68)25-21(13-41)29(56)52(30(57)28(25)51-49-23-11-17(34(62)63)5-7-19(23)36(66)67)9-8-43-38-45-37(40)46-39(47-38)44-15(2)53-31(58)26(42-3)20(12-24(54)55)27(32(53)59)50-48-22-10-16(33(60)61)4-6-18(22)35(64)65/h4-7,10-11,56,58,68H,1-2,8-9,12H2,(H,54,55)(H,60,61)(H,62,63)(H,64,65)(H,66,67)(H2,43,44,45,46,47). The van der Waals surface area contributed by atoms with Crippen molar-refractivity contribution < 1.29 is 69.9 Å². The van der Waals surface area contributed by atoms with Crippen LogP contribution in [0.5, 0.6) is 11.8 Å². The number of aromatic carboxylic acids is 4. The van der Waals surface area contributed by atoms with Gasteiger partial charge in [-0.25, -0.2) is 33.8 Å². The topological polar surface area (TPSA) is 441 Å². The average molecular weight is 968 g/mol. The van der Waals surface area contributed by atoms with E-state index < -0.39 is 168 Å². The molecule has 350 valence electrons. The number of nitrogens with one attached hydrogen (secondary N) is 2. The molecule has 0 saturated heterocycles. The fourth-order valence-electron chi connectivity index (χ4n) is 5.91. The number of hydrogen-bond acceptors (Lipinski definition) is 21. The molecule has 0 aliphatic carbocycles. The second-order valence-corrected chi connectivity index (χ2v) is 13.5. The molecular formula is C39H26ClN13O16. The van der Waals surface area contributed by atoms with Gasteiger partial charge >= 0.3 is 29.8 Å². The second kappa shape index (κ2) is 20.6. The van der Waals surface area contributed by atoms with Crippen LogP contribution in [-0.4, -0.2) is 101 Å². The zero-order chi connectivity index (χ0) is 51.0. The summed E-state index contributed by atoms with van der Waals surface area (Å²) in [4.78, 5) is 105. The highest BCUT2D eigenvalue weighted by Gasteiger charge is 2.28. The van der Waals surface area contributed by atoms with Crippen LogP contribution in [0.25, 0.3) is 16.4 Å². The van der Waals surface area contributed by atoms with Gasteiger partial charge in [0, 0.05) is 18.7 Å². The Bertz CT molecular complexity index is 3350. The smallest absolute Gasteiger partial charge is 0.337 e. The highest BCUT2D eigenvalue weighted by Crippen LogP contribution is 2.38. The number of hydrogen-bond donors (Lipinski definition) is 10. The van der Waals surface area contributed by atoms with Gasteiger partial charge in [-0.1, -0.05) is 13.2 Å². The fourth-order valence-corrected chi connectivity index (χ4v) is 6.07. The first-order chi connectivity index (χ1) is 32.6. The minimum Gasteiger partial charge on any atom is -0.502 e. The van der Waals surface area contributed by atoms with Crippen LogP contribution in [-0.2, 0) is 22.6 Å². The minimum absolute atomic E-state index is 0.312. The summed E-state index contributed by atoms with van der Waals surface area (Å²) in [6.45, 7) is 13.6. The van der Waals surface area contributed by atoms with Crippen molar-refractivity contribution >= 4 is 93.4 Å². The second-order valence-electron chi connectivity index (χ2n) is 13.2. The first kappa shape index (κ1) is 49.6. The SMILES string of the molecule is [C-]#[N+]c1c(CC(=O)O)c(N=Nc2cc(C(=O)O)ccc2C(=O)O)c(=O)n(C(=C)Nc2nc(Cl)nc(NCCn3c(O)c(C#N)c(C(=C)OO)c(N=Nc4cc(C(=O)O)ccc4C(=O)O)c3=O)n2)c1O. The molecule has 3 heterocycles. The van der Waals surface area contributed by atoms with Crippen molar-refractivity contribution in [3.05, 3.63) is 126 Å². The minimum atomic E-state index is -1.61. The zero-order valence-electron chi connectivity index (χ0n) is 34.1. The largest absolute Gasteiger partial charge is 0.502 e. The monoisotopic (exact) mass is 967 g/mol. The van der Waals surface area contributed by atoms with Crippen molar-refractivity contribution in [3.8, 4) is 17.8 Å². The Labute approximate surface area is 386 Å². The van der Waals surface area contributed by atoms with Crippen molar-refractivity contribution in [1.82, 2.24) is 24.1 Å². The van der Waals surface area contributed by atoms with E-state index >= 15 is 0 Å². The summed E-state index contributed by atoms with van der Waals surface area (Å²) < 4.78 is 0.869. The number of aliphatic carboxylic acids is 1. The van der Waals surface area contributed by atoms with Gasteiger partial charge in [0.15, 0.2) is 11.4 Å². The lowest BCUT2D eigenvalue weighted by atomic mass is 10.1. The molecule has 0 aliphatic rings. The maximum absolute atomic E-state index is 13.9. The molecule has 0 bridgehead atoms.